The van der Waals surface area contributed by atoms with E-state index in [0.717, 1.165) is 24.0 Å². The van der Waals surface area contributed by atoms with Gasteiger partial charge in [0.05, 0.1) is 0 Å². The van der Waals surface area contributed by atoms with Gasteiger partial charge in [-0.05, 0) is 75.9 Å². The van der Waals surface area contributed by atoms with Crippen LogP contribution in [0.5, 0.6) is 0 Å². The molecular weight excluding hydrogens is 380 g/mol. The van der Waals surface area contributed by atoms with E-state index in [2.05, 4.69) is 80.6 Å². The summed E-state index contributed by atoms with van der Waals surface area (Å²) in [6.07, 6.45) is 6.96. The molecule has 0 radical (unpaired) electrons. The van der Waals surface area contributed by atoms with E-state index in [4.69, 9.17) is 5.11 Å². The Balaban J connectivity index is 1.86. The Morgan fingerprint density at radius 3 is 2.35 bits per heavy atom. The molecular formula is C29H26O2. The number of carboxylic acid groups (broad SMARTS) is 1. The van der Waals surface area contributed by atoms with Gasteiger partial charge in [0, 0.05) is 6.08 Å². The Morgan fingerprint density at radius 1 is 0.968 bits per heavy atom. The standard InChI is InChI=1S/C29H26O2/c1-3-26(27-11-7-4-8-20(27)2)29(25-18-23-9-5-6-10-24(23)19-25)22-15-12-21(13-16-22)14-17-28(30)31/h4-18H,3,19H2,1-2H3,(H,30,31)/b17-14+,29-26+. The third-order valence-electron chi connectivity index (χ3n) is 5.83. The topological polar surface area (TPSA) is 37.3 Å². The molecule has 1 aliphatic carbocycles. The predicted octanol–water partition coefficient (Wildman–Crippen LogP) is 7.05. The fraction of sp³-hybridized carbons (Fsp3) is 0.138. The van der Waals surface area contributed by atoms with Crippen LogP contribution in [-0.4, -0.2) is 11.1 Å². The first-order valence-corrected chi connectivity index (χ1v) is 10.7. The minimum Gasteiger partial charge on any atom is -0.478 e. The highest BCUT2D eigenvalue weighted by Gasteiger charge is 2.21. The Bertz CT molecular complexity index is 1210. The van der Waals surface area contributed by atoms with Gasteiger partial charge in [-0.2, -0.15) is 0 Å². The number of carboxylic acids is 1. The van der Waals surface area contributed by atoms with Crippen molar-refractivity contribution in [1.29, 1.82) is 0 Å². The predicted molar refractivity (Wildman–Crippen MR) is 130 cm³/mol. The quantitative estimate of drug-likeness (QED) is 0.352. The molecule has 0 aromatic heterocycles. The van der Waals surface area contributed by atoms with E-state index in [1.165, 1.54) is 45.0 Å². The van der Waals surface area contributed by atoms with Crippen LogP contribution in [0.1, 0.15) is 46.7 Å². The van der Waals surface area contributed by atoms with Crippen LogP contribution in [-0.2, 0) is 11.2 Å². The summed E-state index contributed by atoms with van der Waals surface area (Å²) in [5, 5.41) is 8.90. The second kappa shape index (κ2) is 9.01. The Hall–Kier alpha value is -3.65. The highest BCUT2D eigenvalue weighted by atomic mass is 16.4. The van der Waals surface area contributed by atoms with Gasteiger partial charge in [-0.15, -0.1) is 0 Å². The van der Waals surface area contributed by atoms with Gasteiger partial charge in [-0.25, -0.2) is 4.79 Å². The molecule has 2 heteroatoms. The number of rotatable bonds is 6. The summed E-state index contributed by atoms with van der Waals surface area (Å²) in [6.45, 7) is 4.38. The number of aliphatic carboxylic acids is 1. The summed E-state index contributed by atoms with van der Waals surface area (Å²) in [7, 11) is 0. The first-order chi connectivity index (χ1) is 15.1. The highest BCUT2D eigenvalue weighted by Crippen LogP contribution is 2.40. The number of carbonyl (C=O) groups is 1. The van der Waals surface area contributed by atoms with E-state index in [9.17, 15) is 4.79 Å². The number of fused-ring (bicyclic) bond motifs is 1. The van der Waals surface area contributed by atoms with Gasteiger partial charge in [-0.3, -0.25) is 0 Å². The molecule has 0 aliphatic heterocycles. The van der Waals surface area contributed by atoms with Gasteiger partial charge < -0.3 is 5.11 Å². The van der Waals surface area contributed by atoms with Gasteiger partial charge in [0.2, 0.25) is 0 Å². The number of hydrogen-bond donors (Lipinski definition) is 1. The normalized spacial score (nSPS) is 13.7. The molecule has 31 heavy (non-hydrogen) atoms. The van der Waals surface area contributed by atoms with E-state index < -0.39 is 5.97 Å². The van der Waals surface area contributed by atoms with Crippen LogP contribution >= 0.6 is 0 Å². The lowest BCUT2D eigenvalue weighted by Gasteiger charge is -2.19. The lowest BCUT2D eigenvalue weighted by Crippen LogP contribution is -1.98. The molecule has 0 spiro atoms. The monoisotopic (exact) mass is 406 g/mol. The zero-order valence-electron chi connectivity index (χ0n) is 17.9. The Labute approximate surface area is 183 Å². The van der Waals surface area contributed by atoms with Gasteiger partial charge in [0.15, 0.2) is 0 Å². The summed E-state index contributed by atoms with van der Waals surface area (Å²) >= 11 is 0. The molecule has 0 fully saturated rings. The molecule has 1 aliphatic rings. The van der Waals surface area contributed by atoms with E-state index in [1.54, 1.807) is 6.08 Å². The second-order valence-electron chi connectivity index (χ2n) is 7.86. The Morgan fingerprint density at radius 2 is 1.68 bits per heavy atom. The molecule has 4 rings (SSSR count). The minimum atomic E-state index is -0.939. The van der Waals surface area contributed by atoms with Crippen LogP contribution in [0.15, 0.2) is 84.4 Å². The van der Waals surface area contributed by atoms with Gasteiger partial charge in [-0.1, -0.05) is 85.8 Å². The minimum absolute atomic E-state index is 0.878. The second-order valence-corrected chi connectivity index (χ2v) is 7.86. The molecule has 0 heterocycles. The van der Waals surface area contributed by atoms with Crippen molar-refractivity contribution in [1.82, 2.24) is 0 Å². The lowest BCUT2D eigenvalue weighted by molar-refractivity contribution is -0.131. The van der Waals surface area contributed by atoms with Crippen molar-refractivity contribution in [2.24, 2.45) is 0 Å². The molecule has 0 saturated carbocycles. The van der Waals surface area contributed by atoms with Crippen molar-refractivity contribution in [3.8, 4) is 0 Å². The van der Waals surface area contributed by atoms with Gasteiger partial charge >= 0.3 is 5.97 Å². The maximum Gasteiger partial charge on any atom is 0.328 e. The first kappa shape index (κ1) is 20.6. The summed E-state index contributed by atoms with van der Waals surface area (Å²) in [6, 6.07) is 25.3. The average molecular weight is 407 g/mol. The van der Waals surface area contributed by atoms with Crippen LogP contribution in [0.4, 0.5) is 0 Å². The van der Waals surface area contributed by atoms with E-state index in [0.29, 0.717) is 0 Å². The third-order valence-corrected chi connectivity index (χ3v) is 5.83. The third kappa shape index (κ3) is 4.44. The number of aryl methyl sites for hydroxylation is 1. The van der Waals surface area contributed by atoms with Crippen LogP contribution in [0.25, 0.3) is 23.3 Å². The van der Waals surface area contributed by atoms with Crippen LogP contribution < -0.4 is 0 Å². The molecule has 1 N–H and O–H groups in total. The van der Waals surface area contributed by atoms with E-state index in [1.807, 2.05) is 12.1 Å². The maximum absolute atomic E-state index is 10.8. The van der Waals surface area contributed by atoms with Gasteiger partial charge in [0.25, 0.3) is 0 Å². The maximum atomic E-state index is 10.8. The Kier molecular flexibility index (Phi) is 5.99. The summed E-state index contributed by atoms with van der Waals surface area (Å²) in [5.74, 6) is -0.939. The molecule has 0 bridgehead atoms. The molecule has 0 atom stereocenters. The summed E-state index contributed by atoms with van der Waals surface area (Å²) in [5.41, 5.74) is 11.2. The van der Waals surface area contributed by atoms with Crippen molar-refractivity contribution in [3.63, 3.8) is 0 Å². The molecule has 0 amide bonds. The molecule has 2 nitrogen and oxygen atoms in total. The van der Waals surface area contributed by atoms with E-state index >= 15 is 0 Å². The smallest absolute Gasteiger partial charge is 0.328 e. The van der Waals surface area contributed by atoms with Crippen molar-refractivity contribution in [2.45, 2.75) is 26.7 Å². The zero-order chi connectivity index (χ0) is 21.8. The van der Waals surface area contributed by atoms with Gasteiger partial charge in [0.1, 0.15) is 0 Å². The van der Waals surface area contributed by atoms with Crippen LogP contribution in [0.3, 0.4) is 0 Å². The largest absolute Gasteiger partial charge is 0.478 e. The zero-order valence-corrected chi connectivity index (χ0v) is 17.9. The van der Waals surface area contributed by atoms with Crippen molar-refractivity contribution in [2.75, 3.05) is 0 Å². The number of allylic oxidation sites excluding steroid dienone is 3. The molecule has 3 aromatic rings. The molecule has 3 aromatic carbocycles. The molecule has 0 unspecified atom stereocenters. The fourth-order valence-electron chi connectivity index (χ4n) is 4.34. The van der Waals surface area contributed by atoms with E-state index in [-0.39, 0.29) is 0 Å². The van der Waals surface area contributed by atoms with Crippen molar-refractivity contribution >= 4 is 29.3 Å². The summed E-state index contributed by atoms with van der Waals surface area (Å²) < 4.78 is 0. The molecule has 0 saturated heterocycles. The summed E-state index contributed by atoms with van der Waals surface area (Å²) in [4.78, 5) is 10.8. The SMILES string of the molecule is CC/C(=C(\C1=Cc2ccccc2C1)c1ccc(/C=C/C(=O)O)cc1)c1ccccc1C. The average Bonchev–Trinajstić information content (AvgIpc) is 3.21. The number of hydrogen-bond acceptors (Lipinski definition) is 1. The van der Waals surface area contributed by atoms with Crippen LogP contribution in [0.2, 0.25) is 0 Å². The number of benzene rings is 3. The van der Waals surface area contributed by atoms with Crippen LogP contribution in [0, 0.1) is 6.92 Å². The first-order valence-electron chi connectivity index (χ1n) is 10.7. The fourth-order valence-corrected chi connectivity index (χ4v) is 4.34. The highest BCUT2D eigenvalue weighted by molar-refractivity contribution is 6.02. The molecule has 154 valence electrons. The van der Waals surface area contributed by atoms with Crippen molar-refractivity contribution in [3.05, 3.63) is 118 Å². The lowest BCUT2D eigenvalue weighted by atomic mass is 9.85. The van der Waals surface area contributed by atoms with Crippen molar-refractivity contribution < 1.29 is 9.90 Å².